The van der Waals surface area contributed by atoms with Crippen LogP contribution in [-0.4, -0.2) is 6.03 Å². The Morgan fingerprint density at radius 2 is 1.81 bits per heavy atom. The number of halogens is 1. The molecule has 4 heteroatoms. The van der Waals surface area contributed by atoms with Crippen molar-refractivity contribution in [2.45, 2.75) is 13.8 Å². The van der Waals surface area contributed by atoms with E-state index in [2.05, 4.69) is 10.6 Å². The first-order valence-corrected chi connectivity index (χ1v) is 7.00. The van der Waals surface area contributed by atoms with Crippen molar-refractivity contribution >= 4 is 29.4 Å². The number of benzene rings is 2. The summed E-state index contributed by atoms with van der Waals surface area (Å²) in [6.45, 7) is 3.99. The first-order valence-electron chi connectivity index (χ1n) is 6.62. The third-order valence-electron chi connectivity index (χ3n) is 3.21. The molecule has 0 spiro atoms. The van der Waals surface area contributed by atoms with Gasteiger partial charge in [0.1, 0.15) is 0 Å². The van der Waals surface area contributed by atoms with Crippen LogP contribution in [0.4, 0.5) is 10.5 Å². The van der Waals surface area contributed by atoms with Gasteiger partial charge in [0, 0.05) is 16.9 Å². The second-order valence-electron chi connectivity index (χ2n) is 4.73. The van der Waals surface area contributed by atoms with Crippen molar-refractivity contribution in [2.75, 3.05) is 5.32 Å². The fourth-order valence-electron chi connectivity index (χ4n) is 1.83. The van der Waals surface area contributed by atoms with Gasteiger partial charge in [-0.05, 0) is 54.8 Å². The van der Waals surface area contributed by atoms with Crippen LogP contribution >= 0.6 is 11.6 Å². The molecule has 0 aliphatic heterocycles. The van der Waals surface area contributed by atoms with E-state index in [-0.39, 0.29) is 6.03 Å². The van der Waals surface area contributed by atoms with Gasteiger partial charge >= 0.3 is 6.03 Å². The Balaban J connectivity index is 1.93. The number of amides is 2. The van der Waals surface area contributed by atoms with Crippen LogP contribution in [0.5, 0.6) is 0 Å². The highest BCUT2D eigenvalue weighted by atomic mass is 35.5. The lowest BCUT2D eigenvalue weighted by Gasteiger charge is -2.09. The molecule has 0 atom stereocenters. The number of carbonyl (C=O) groups excluding carboxylic acids is 1. The van der Waals surface area contributed by atoms with Gasteiger partial charge in [-0.1, -0.05) is 35.9 Å². The summed E-state index contributed by atoms with van der Waals surface area (Å²) in [7, 11) is 0. The average Bonchev–Trinajstić information content (AvgIpc) is 2.46. The minimum Gasteiger partial charge on any atom is -0.314 e. The Morgan fingerprint density at radius 3 is 2.52 bits per heavy atom. The second-order valence-corrected chi connectivity index (χ2v) is 5.17. The normalized spacial score (nSPS) is 10.6. The molecule has 0 unspecified atom stereocenters. The van der Waals surface area contributed by atoms with E-state index in [1.165, 1.54) is 0 Å². The molecule has 0 fully saturated rings. The fraction of sp³-hybridized carbons (Fsp3) is 0.118. The number of hydrogen-bond donors (Lipinski definition) is 2. The van der Waals surface area contributed by atoms with Gasteiger partial charge in [-0.3, -0.25) is 0 Å². The Kier molecular flexibility index (Phi) is 5.01. The van der Waals surface area contributed by atoms with Crippen LogP contribution in [0.2, 0.25) is 5.02 Å². The zero-order chi connectivity index (χ0) is 15.2. The summed E-state index contributed by atoms with van der Waals surface area (Å²) in [6, 6.07) is 12.9. The Labute approximate surface area is 129 Å². The van der Waals surface area contributed by atoms with Crippen molar-refractivity contribution in [3.8, 4) is 0 Å². The molecule has 0 saturated carbocycles. The molecule has 2 N–H and O–H groups in total. The third-order valence-corrected chi connectivity index (χ3v) is 3.47. The number of urea groups is 1. The van der Waals surface area contributed by atoms with Crippen molar-refractivity contribution in [3.05, 3.63) is 70.4 Å². The number of hydrogen-bond acceptors (Lipinski definition) is 1. The number of rotatable bonds is 3. The highest BCUT2D eigenvalue weighted by Gasteiger charge is 2.03. The van der Waals surface area contributed by atoms with E-state index in [1.54, 1.807) is 24.4 Å². The van der Waals surface area contributed by atoms with E-state index >= 15 is 0 Å². The molecular weight excluding hydrogens is 284 g/mol. The Bertz CT molecular complexity index is 663. The number of aryl methyl sites for hydroxylation is 1. The van der Waals surface area contributed by atoms with E-state index in [0.717, 1.165) is 22.4 Å². The van der Waals surface area contributed by atoms with Gasteiger partial charge in [-0.25, -0.2) is 4.79 Å². The van der Waals surface area contributed by atoms with Gasteiger partial charge in [0.2, 0.25) is 0 Å². The molecule has 2 rings (SSSR count). The summed E-state index contributed by atoms with van der Waals surface area (Å²) in [5, 5.41) is 6.19. The van der Waals surface area contributed by atoms with Crippen LogP contribution in [-0.2, 0) is 0 Å². The van der Waals surface area contributed by atoms with Crippen molar-refractivity contribution < 1.29 is 4.79 Å². The quantitative estimate of drug-likeness (QED) is 0.844. The standard InChI is InChI=1S/C17H17ClN2O/c1-12-4-3-5-16(13(12)2)20-17(21)19-11-10-14-6-8-15(18)9-7-14/h3-11H,1-2H3,(H2,19,20,21)/b11-10+. The van der Waals surface area contributed by atoms with Gasteiger partial charge in [0.15, 0.2) is 0 Å². The van der Waals surface area contributed by atoms with Crippen LogP contribution in [0.25, 0.3) is 6.08 Å². The third kappa shape index (κ3) is 4.36. The van der Waals surface area contributed by atoms with Crippen LogP contribution in [0.1, 0.15) is 16.7 Å². The molecule has 2 aromatic carbocycles. The molecule has 0 radical (unpaired) electrons. The van der Waals surface area contributed by atoms with E-state index in [4.69, 9.17) is 11.6 Å². The lowest BCUT2D eigenvalue weighted by atomic mass is 10.1. The fourth-order valence-corrected chi connectivity index (χ4v) is 1.96. The summed E-state index contributed by atoms with van der Waals surface area (Å²) < 4.78 is 0. The highest BCUT2D eigenvalue weighted by molar-refractivity contribution is 6.30. The molecule has 108 valence electrons. The molecule has 0 aromatic heterocycles. The molecule has 2 amide bonds. The highest BCUT2D eigenvalue weighted by Crippen LogP contribution is 2.17. The zero-order valence-electron chi connectivity index (χ0n) is 12.0. The minimum atomic E-state index is -0.270. The number of carbonyl (C=O) groups is 1. The van der Waals surface area contributed by atoms with Gasteiger partial charge in [0.25, 0.3) is 0 Å². The molecule has 21 heavy (non-hydrogen) atoms. The largest absolute Gasteiger partial charge is 0.323 e. The van der Waals surface area contributed by atoms with Gasteiger partial charge in [-0.15, -0.1) is 0 Å². The first kappa shape index (κ1) is 15.1. The van der Waals surface area contributed by atoms with Gasteiger partial charge in [0.05, 0.1) is 0 Å². The summed E-state index contributed by atoms with van der Waals surface area (Å²) in [6.07, 6.45) is 3.41. The number of nitrogens with one attached hydrogen (secondary N) is 2. The molecule has 3 nitrogen and oxygen atoms in total. The van der Waals surface area contributed by atoms with Crippen LogP contribution in [0.15, 0.2) is 48.7 Å². The predicted octanol–water partition coefficient (Wildman–Crippen LogP) is 4.75. The molecule has 0 saturated heterocycles. The Hall–Kier alpha value is -2.26. The second kappa shape index (κ2) is 6.95. The average molecular weight is 301 g/mol. The molecular formula is C17H17ClN2O. The van der Waals surface area contributed by atoms with E-state index < -0.39 is 0 Å². The van der Waals surface area contributed by atoms with E-state index in [9.17, 15) is 4.79 Å². The van der Waals surface area contributed by atoms with Crippen LogP contribution in [0.3, 0.4) is 0 Å². The van der Waals surface area contributed by atoms with E-state index in [0.29, 0.717) is 5.02 Å². The van der Waals surface area contributed by atoms with Gasteiger partial charge in [-0.2, -0.15) is 0 Å². The SMILES string of the molecule is Cc1cccc(NC(=O)N/C=C/c2ccc(Cl)cc2)c1C. The van der Waals surface area contributed by atoms with Crippen LogP contribution < -0.4 is 10.6 Å². The lowest BCUT2D eigenvalue weighted by molar-refractivity contribution is 0.255. The molecule has 0 aliphatic carbocycles. The predicted molar refractivity (Wildman–Crippen MR) is 88.6 cm³/mol. The summed E-state index contributed by atoms with van der Waals surface area (Å²) in [5.74, 6) is 0. The van der Waals surface area contributed by atoms with Crippen molar-refractivity contribution in [1.82, 2.24) is 5.32 Å². The topological polar surface area (TPSA) is 41.1 Å². The summed E-state index contributed by atoms with van der Waals surface area (Å²) >= 11 is 5.81. The lowest BCUT2D eigenvalue weighted by Crippen LogP contribution is -2.24. The maximum absolute atomic E-state index is 11.8. The summed E-state index contributed by atoms with van der Waals surface area (Å²) in [5.41, 5.74) is 3.98. The molecule has 0 aliphatic rings. The molecule has 0 heterocycles. The first-order chi connectivity index (χ1) is 10.1. The summed E-state index contributed by atoms with van der Waals surface area (Å²) in [4.78, 5) is 11.8. The zero-order valence-corrected chi connectivity index (χ0v) is 12.7. The minimum absolute atomic E-state index is 0.270. The maximum Gasteiger partial charge on any atom is 0.323 e. The van der Waals surface area contributed by atoms with Crippen LogP contribution in [0, 0.1) is 13.8 Å². The maximum atomic E-state index is 11.8. The molecule has 2 aromatic rings. The van der Waals surface area contributed by atoms with Gasteiger partial charge < -0.3 is 10.6 Å². The van der Waals surface area contributed by atoms with Crippen molar-refractivity contribution in [3.63, 3.8) is 0 Å². The van der Waals surface area contributed by atoms with Crippen molar-refractivity contribution in [1.29, 1.82) is 0 Å². The molecule has 0 bridgehead atoms. The smallest absolute Gasteiger partial charge is 0.314 e. The van der Waals surface area contributed by atoms with Crippen molar-refractivity contribution in [2.24, 2.45) is 0 Å². The number of anilines is 1. The Morgan fingerprint density at radius 1 is 1.10 bits per heavy atom. The van der Waals surface area contributed by atoms with E-state index in [1.807, 2.05) is 44.2 Å². The monoisotopic (exact) mass is 300 g/mol.